The van der Waals surface area contributed by atoms with Crippen molar-refractivity contribution in [3.8, 4) is 5.75 Å². The Hall–Kier alpha value is -4.41. The third-order valence-corrected chi connectivity index (χ3v) is 6.28. The molecule has 0 fully saturated rings. The summed E-state index contributed by atoms with van der Waals surface area (Å²) in [4.78, 5) is 27.8. The number of nitrogens with one attached hydrogen (secondary N) is 2. The monoisotopic (exact) mass is 536 g/mol. The molecule has 5 rings (SSSR count). The van der Waals surface area contributed by atoms with E-state index in [0.717, 1.165) is 22.9 Å². The summed E-state index contributed by atoms with van der Waals surface area (Å²) >= 11 is 11.9. The molecule has 0 saturated carbocycles. The maximum Gasteiger partial charge on any atom is 0.288 e. The van der Waals surface area contributed by atoms with Crippen LogP contribution in [-0.2, 0) is 0 Å². The number of carbonyl (C=O) groups is 1. The van der Waals surface area contributed by atoms with E-state index in [4.69, 9.17) is 27.9 Å². The number of carbonyl (C=O) groups excluding carboxylic acids is 1. The predicted octanol–water partition coefficient (Wildman–Crippen LogP) is 5.81. The Morgan fingerprint density at radius 3 is 2.51 bits per heavy atom. The third kappa shape index (κ3) is 4.97. The van der Waals surface area contributed by atoms with Crippen molar-refractivity contribution in [3.63, 3.8) is 0 Å². The topological polar surface area (TPSA) is 124 Å². The molecular formula is C25H18Cl2N6O4. The van der Waals surface area contributed by atoms with Gasteiger partial charge in [-0.2, -0.15) is 4.98 Å². The minimum absolute atomic E-state index is 0.0226. The van der Waals surface area contributed by atoms with Crippen molar-refractivity contribution in [1.29, 1.82) is 0 Å². The largest absolute Gasteiger partial charge is 0.497 e. The Labute approximate surface area is 220 Å². The number of fused-ring (bicyclic) bond motifs is 1. The van der Waals surface area contributed by atoms with Gasteiger partial charge in [0.15, 0.2) is 0 Å². The van der Waals surface area contributed by atoms with Crippen molar-refractivity contribution in [2.75, 3.05) is 17.7 Å². The second kappa shape index (κ2) is 9.92. The summed E-state index contributed by atoms with van der Waals surface area (Å²) < 4.78 is 6.92. The minimum atomic E-state index is -0.653. The maximum absolute atomic E-state index is 12.8. The Bertz CT molecular complexity index is 1530. The minimum Gasteiger partial charge on any atom is -0.497 e. The van der Waals surface area contributed by atoms with Crippen LogP contribution in [0.3, 0.4) is 0 Å². The lowest BCUT2D eigenvalue weighted by Crippen LogP contribution is -2.20. The molecule has 4 aromatic rings. The Morgan fingerprint density at radius 2 is 1.84 bits per heavy atom. The van der Waals surface area contributed by atoms with E-state index in [2.05, 4.69) is 20.7 Å². The zero-order valence-corrected chi connectivity index (χ0v) is 20.7. The summed E-state index contributed by atoms with van der Waals surface area (Å²) in [6.45, 7) is 0. The van der Waals surface area contributed by atoms with E-state index < -0.39 is 10.8 Å². The highest BCUT2D eigenvalue weighted by atomic mass is 35.5. The highest BCUT2D eigenvalue weighted by molar-refractivity contribution is 6.32. The molecule has 1 amide bonds. The molecule has 0 aliphatic carbocycles. The number of halogens is 2. The molecule has 1 aromatic heterocycles. The fourth-order valence-corrected chi connectivity index (χ4v) is 4.16. The molecule has 1 aliphatic heterocycles. The average molecular weight is 537 g/mol. The second-order valence-corrected chi connectivity index (χ2v) is 8.85. The zero-order valence-electron chi connectivity index (χ0n) is 19.2. The lowest BCUT2D eigenvalue weighted by molar-refractivity contribution is -0.384. The molecule has 0 bridgehead atoms. The lowest BCUT2D eigenvalue weighted by atomic mass is 10.0. The summed E-state index contributed by atoms with van der Waals surface area (Å²) in [6.07, 6.45) is 1.99. The number of rotatable bonds is 6. The van der Waals surface area contributed by atoms with Gasteiger partial charge in [-0.15, -0.1) is 5.10 Å². The van der Waals surface area contributed by atoms with Gasteiger partial charge in [-0.25, -0.2) is 4.68 Å². The van der Waals surface area contributed by atoms with Gasteiger partial charge >= 0.3 is 0 Å². The number of hydrogen-bond acceptors (Lipinski definition) is 7. The fraction of sp³-hybridized carbons (Fsp3) is 0.0800. The number of amides is 1. The van der Waals surface area contributed by atoms with Gasteiger partial charge in [0.2, 0.25) is 5.95 Å². The molecule has 0 saturated heterocycles. The molecule has 186 valence electrons. The highest BCUT2D eigenvalue weighted by Crippen LogP contribution is 2.34. The zero-order chi connectivity index (χ0) is 26.1. The SMILES string of the molecule is COc1ccc([C@@H]2C=C(c3ccc(Cl)cc3)Nc3nc(NC(=O)c4ccc(Cl)c([N+](=O)[O-])c4)nn32)cc1. The summed E-state index contributed by atoms with van der Waals surface area (Å²) in [6, 6.07) is 18.3. The van der Waals surface area contributed by atoms with E-state index in [1.807, 2.05) is 42.5 Å². The molecule has 3 aromatic carbocycles. The molecule has 37 heavy (non-hydrogen) atoms. The molecule has 0 radical (unpaired) electrons. The molecule has 2 heterocycles. The van der Waals surface area contributed by atoms with Crippen molar-refractivity contribution >= 4 is 52.4 Å². The van der Waals surface area contributed by atoms with Crippen molar-refractivity contribution in [1.82, 2.24) is 14.8 Å². The van der Waals surface area contributed by atoms with Crippen LogP contribution in [0.2, 0.25) is 10.0 Å². The summed E-state index contributed by atoms with van der Waals surface area (Å²) in [5.74, 6) is 0.512. The number of nitro groups is 1. The van der Waals surface area contributed by atoms with Crippen LogP contribution >= 0.6 is 23.2 Å². The second-order valence-electron chi connectivity index (χ2n) is 8.01. The average Bonchev–Trinajstić information content (AvgIpc) is 3.31. The number of ether oxygens (including phenoxy) is 1. The Balaban J connectivity index is 1.49. The van der Waals surface area contributed by atoms with Crippen LogP contribution in [0.25, 0.3) is 5.70 Å². The number of benzene rings is 3. The van der Waals surface area contributed by atoms with E-state index in [1.165, 1.54) is 12.1 Å². The van der Waals surface area contributed by atoms with Crippen LogP contribution in [0.5, 0.6) is 5.75 Å². The van der Waals surface area contributed by atoms with Crippen LogP contribution in [-0.4, -0.2) is 32.7 Å². The Morgan fingerprint density at radius 1 is 1.11 bits per heavy atom. The van der Waals surface area contributed by atoms with Crippen LogP contribution in [0.4, 0.5) is 17.6 Å². The molecule has 0 spiro atoms. The fourth-order valence-electron chi connectivity index (χ4n) is 3.85. The van der Waals surface area contributed by atoms with Crippen molar-refractivity contribution in [3.05, 3.63) is 110 Å². The van der Waals surface area contributed by atoms with E-state index in [-0.39, 0.29) is 28.3 Å². The molecule has 0 unspecified atom stereocenters. The van der Waals surface area contributed by atoms with Gasteiger partial charge in [-0.05, 0) is 53.6 Å². The third-order valence-electron chi connectivity index (χ3n) is 5.71. The number of nitrogens with zero attached hydrogens (tertiary/aromatic N) is 4. The van der Waals surface area contributed by atoms with Gasteiger partial charge in [-0.3, -0.25) is 20.2 Å². The summed E-state index contributed by atoms with van der Waals surface area (Å²) in [5.41, 5.74) is 2.25. The molecule has 12 heteroatoms. The van der Waals surface area contributed by atoms with Gasteiger partial charge in [0.1, 0.15) is 16.8 Å². The van der Waals surface area contributed by atoms with Crippen LogP contribution in [0, 0.1) is 10.1 Å². The van der Waals surface area contributed by atoms with Crippen LogP contribution < -0.4 is 15.4 Å². The van der Waals surface area contributed by atoms with Crippen molar-refractivity contribution < 1.29 is 14.5 Å². The molecule has 1 aliphatic rings. The first-order valence-corrected chi connectivity index (χ1v) is 11.7. The molecule has 10 nitrogen and oxygen atoms in total. The van der Waals surface area contributed by atoms with E-state index >= 15 is 0 Å². The number of nitro benzene ring substituents is 1. The van der Waals surface area contributed by atoms with E-state index in [9.17, 15) is 14.9 Å². The highest BCUT2D eigenvalue weighted by Gasteiger charge is 2.26. The number of allylic oxidation sites excluding steroid dienone is 1. The molecule has 2 N–H and O–H groups in total. The number of anilines is 2. The number of methoxy groups -OCH3 is 1. The first-order valence-electron chi connectivity index (χ1n) is 10.9. The van der Waals surface area contributed by atoms with Crippen molar-refractivity contribution in [2.24, 2.45) is 0 Å². The number of hydrogen-bond donors (Lipinski definition) is 2. The van der Waals surface area contributed by atoms with Gasteiger partial charge in [0, 0.05) is 22.3 Å². The van der Waals surface area contributed by atoms with Crippen molar-refractivity contribution in [2.45, 2.75) is 6.04 Å². The normalized spacial score (nSPS) is 14.2. The summed E-state index contributed by atoms with van der Waals surface area (Å²) in [7, 11) is 1.60. The molecular weight excluding hydrogens is 519 g/mol. The van der Waals surface area contributed by atoms with E-state index in [0.29, 0.717) is 16.7 Å². The first kappa shape index (κ1) is 24.3. The quantitative estimate of drug-likeness (QED) is 0.235. The first-order chi connectivity index (χ1) is 17.8. The van der Waals surface area contributed by atoms with Crippen LogP contribution in [0.15, 0.2) is 72.8 Å². The predicted molar refractivity (Wildman–Crippen MR) is 140 cm³/mol. The maximum atomic E-state index is 12.8. The summed E-state index contributed by atoms with van der Waals surface area (Å²) in [5, 5.41) is 22.1. The smallest absolute Gasteiger partial charge is 0.288 e. The lowest BCUT2D eigenvalue weighted by Gasteiger charge is -2.24. The van der Waals surface area contributed by atoms with Crippen LogP contribution in [0.1, 0.15) is 27.5 Å². The van der Waals surface area contributed by atoms with Gasteiger partial charge in [0.05, 0.1) is 12.0 Å². The van der Waals surface area contributed by atoms with E-state index in [1.54, 1.807) is 23.9 Å². The van der Waals surface area contributed by atoms with Gasteiger partial charge < -0.3 is 10.1 Å². The standard InChI is InChI=1S/C25H18Cl2N6O4/c1-37-18-9-4-15(5-10-18)21-13-20(14-2-7-17(26)8-3-14)28-25-30-24(31-32(21)25)29-23(34)16-6-11-19(27)22(12-16)33(35)36/h2-13,21H,1H3,(H2,28,29,30,31,34)/t21-/m0/s1. The Kier molecular flexibility index (Phi) is 6.51. The molecule has 1 atom stereocenters. The van der Waals surface area contributed by atoms with Gasteiger partial charge in [-0.1, -0.05) is 47.5 Å². The number of aromatic nitrogens is 3. The van der Waals surface area contributed by atoms with Gasteiger partial charge in [0.25, 0.3) is 17.5 Å².